The first kappa shape index (κ1) is 21.8. The minimum Gasteiger partial charge on any atom is -1.00 e. The first-order valence-corrected chi connectivity index (χ1v) is 9.77. The van der Waals surface area contributed by atoms with Crippen LogP contribution >= 0.6 is 22.7 Å². The molecule has 0 fully saturated rings. The van der Waals surface area contributed by atoms with Gasteiger partial charge >= 0.3 is 19.5 Å². The molecule has 0 nitrogen and oxygen atoms in total. The van der Waals surface area contributed by atoms with E-state index >= 15 is 0 Å². The maximum Gasteiger partial charge on any atom is 2.00 e. The van der Waals surface area contributed by atoms with Gasteiger partial charge in [-0.2, -0.15) is 12.1 Å². The summed E-state index contributed by atoms with van der Waals surface area (Å²) >= 11 is 3.50. The predicted molar refractivity (Wildman–Crippen MR) is 112 cm³/mol. The Bertz CT molecular complexity index is 997. The van der Waals surface area contributed by atoms with Crippen LogP contribution < -0.4 is 12.4 Å². The van der Waals surface area contributed by atoms with Crippen LogP contribution in [0.4, 0.5) is 0 Å². The third-order valence-corrected chi connectivity index (χ3v) is 6.33. The number of hydrogen-bond donors (Lipinski definition) is 0. The Morgan fingerprint density at radius 3 is 1.85 bits per heavy atom. The molecule has 0 saturated heterocycles. The van der Waals surface area contributed by atoms with Crippen LogP contribution in [0.3, 0.4) is 0 Å². The van der Waals surface area contributed by atoms with Crippen LogP contribution in [0.25, 0.3) is 36.9 Å². The Morgan fingerprint density at radius 1 is 0.741 bits per heavy atom. The zero-order chi connectivity index (χ0) is 17.2. The molecule has 0 aliphatic carbocycles. The molecule has 0 amide bonds. The fourth-order valence-electron chi connectivity index (χ4n) is 2.77. The molecule has 4 rings (SSSR count). The van der Waals surface area contributed by atoms with Crippen molar-refractivity contribution in [3.8, 4) is 31.3 Å². The molecule has 0 aliphatic heterocycles. The van der Waals surface area contributed by atoms with Gasteiger partial charge < -0.3 is 12.4 Å². The minimum atomic E-state index is 0. The van der Waals surface area contributed by atoms with Crippen LogP contribution in [0, 0.1) is 5.38 Å². The Balaban J connectivity index is 0.00000131. The summed E-state index contributed by atoms with van der Waals surface area (Å²) < 4.78 is 0. The summed E-state index contributed by atoms with van der Waals surface area (Å²) in [6, 6.07) is 25.9. The van der Waals surface area contributed by atoms with Gasteiger partial charge in [-0.3, -0.25) is 11.3 Å². The normalized spacial score (nSPS) is 9.96. The van der Waals surface area contributed by atoms with Gasteiger partial charge in [-0.1, -0.05) is 66.7 Å². The van der Waals surface area contributed by atoms with E-state index < -0.39 is 0 Å². The summed E-state index contributed by atoms with van der Waals surface area (Å²) in [4.78, 5) is 3.89. The van der Waals surface area contributed by atoms with E-state index in [-0.39, 0.29) is 31.9 Å². The molecule has 2 heterocycles. The molecule has 0 bridgehead atoms. The van der Waals surface area contributed by atoms with Crippen molar-refractivity contribution in [2.45, 2.75) is 6.92 Å². The molecule has 0 radical (unpaired) electrons. The van der Waals surface area contributed by atoms with E-state index in [9.17, 15) is 0 Å². The molecule has 4 aromatic rings. The Labute approximate surface area is 187 Å². The molecular weight excluding hydrogens is 441 g/mol. The summed E-state index contributed by atoms with van der Waals surface area (Å²) in [5.41, 5.74) is 6.02. The maximum atomic E-state index is 3.99. The SMILES string of the molecule is C=C(C)c1ccc(-c2ccc(-c3ccc(-c4cc[c-]s4)s3)cc2)cc1.[Cl-].[Zn+2]. The predicted octanol–water partition coefficient (Wildman–Crippen LogP) is 4.65. The van der Waals surface area contributed by atoms with Crippen molar-refractivity contribution in [2.24, 2.45) is 0 Å². The molecule has 0 spiro atoms. The number of benzene rings is 2. The smallest absolute Gasteiger partial charge is 1.00 e. The zero-order valence-electron chi connectivity index (χ0n) is 15.0. The van der Waals surface area contributed by atoms with Gasteiger partial charge in [0.25, 0.3) is 0 Å². The molecule has 0 unspecified atom stereocenters. The maximum absolute atomic E-state index is 3.99. The Kier molecular flexibility index (Phi) is 7.76. The average Bonchev–Trinajstić information content (AvgIpc) is 3.33. The third-order valence-electron chi connectivity index (χ3n) is 4.20. The topological polar surface area (TPSA) is 0 Å². The number of hydrogen-bond acceptors (Lipinski definition) is 2. The van der Waals surface area contributed by atoms with E-state index in [1.54, 1.807) is 11.3 Å². The van der Waals surface area contributed by atoms with Crippen molar-refractivity contribution in [3.05, 3.63) is 90.3 Å². The van der Waals surface area contributed by atoms with Gasteiger partial charge in [0.1, 0.15) is 0 Å². The van der Waals surface area contributed by atoms with Gasteiger partial charge in [0.05, 0.1) is 0 Å². The number of halogens is 1. The molecule has 2 aromatic heterocycles. The van der Waals surface area contributed by atoms with Gasteiger partial charge in [0, 0.05) is 4.88 Å². The Morgan fingerprint density at radius 2 is 1.30 bits per heavy atom. The largest absolute Gasteiger partial charge is 2.00 e. The van der Waals surface area contributed by atoms with Crippen molar-refractivity contribution >= 4 is 28.2 Å². The zero-order valence-corrected chi connectivity index (χ0v) is 20.4. The molecule has 0 atom stereocenters. The number of rotatable bonds is 4. The van der Waals surface area contributed by atoms with Crippen LogP contribution in [0.5, 0.6) is 0 Å². The van der Waals surface area contributed by atoms with Gasteiger partial charge in [-0.05, 0) is 40.1 Å². The second-order valence-electron chi connectivity index (χ2n) is 6.02. The van der Waals surface area contributed by atoms with E-state index in [2.05, 4.69) is 78.7 Å². The number of allylic oxidation sites excluding steroid dienone is 1. The first-order valence-electron chi connectivity index (χ1n) is 8.13. The first-order chi connectivity index (χ1) is 12.2. The van der Waals surface area contributed by atoms with E-state index in [1.807, 2.05) is 24.3 Å². The number of thiophene rings is 2. The van der Waals surface area contributed by atoms with Crippen LogP contribution in [-0.4, -0.2) is 0 Å². The van der Waals surface area contributed by atoms with Gasteiger partial charge in [-0.25, -0.2) is 0 Å². The van der Waals surface area contributed by atoms with Crippen molar-refractivity contribution < 1.29 is 31.9 Å². The molecule has 4 heteroatoms. The summed E-state index contributed by atoms with van der Waals surface area (Å²) in [5.74, 6) is 0. The van der Waals surface area contributed by atoms with Gasteiger partial charge in [-0.15, -0.1) is 21.6 Å². The van der Waals surface area contributed by atoms with Crippen LogP contribution in [0.1, 0.15) is 12.5 Å². The molecule has 0 aliphatic rings. The second-order valence-corrected chi connectivity index (χ2v) is 7.98. The van der Waals surface area contributed by atoms with Crippen molar-refractivity contribution in [2.75, 3.05) is 0 Å². The van der Waals surface area contributed by atoms with Crippen molar-refractivity contribution in [1.29, 1.82) is 0 Å². The van der Waals surface area contributed by atoms with Crippen LogP contribution in [-0.2, 0) is 19.5 Å². The van der Waals surface area contributed by atoms with Gasteiger partial charge in [0.15, 0.2) is 0 Å². The van der Waals surface area contributed by atoms with E-state index in [1.165, 1.54) is 36.9 Å². The molecule has 27 heavy (non-hydrogen) atoms. The van der Waals surface area contributed by atoms with Crippen LogP contribution in [0.2, 0.25) is 0 Å². The monoisotopic (exact) mass is 456 g/mol. The van der Waals surface area contributed by atoms with Crippen molar-refractivity contribution in [3.63, 3.8) is 0 Å². The van der Waals surface area contributed by atoms with E-state index in [0.29, 0.717) is 0 Å². The molecular formula is C23H17ClS2Zn. The van der Waals surface area contributed by atoms with Crippen LogP contribution in [0.15, 0.2) is 79.4 Å². The van der Waals surface area contributed by atoms with E-state index in [4.69, 9.17) is 0 Å². The Hall–Kier alpha value is -1.51. The fraction of sp³-hybridized carbons (Fsp3) is 0.0435. The second kappa shape index (κ2) is 9.62. The fourth-order valence-corrected chi connectivity index (χ4v) is 4.52. The standard InChI is InChI=1S/C23H17S2.ClH.Zn/c1-16(2)17-5-7-18(8-6-17)19-9-11-20(12-10-19)21-13-14-23(25-21)22-4-3-15-24-22;;/h3-14H,1H2,2H3;1H;/q-1;;+2/p-1. The van der Waals surface area contributed by atoms with Gasteiger partial charge in [0.2, 0.25) is 0 Å². The summed E-state index contributed by atoms with van der Waals surface area (Å²) in [6.07, 6.45) is 0. The molecule has 0 saturated carbocycles. The summed E-state index contributed by atoms with van der Waals surface area (Å²) in [7, 11) is 0. The molecule has 130 valence electrons. The van der Waals surface area contributed by atoms with E-state index in [0.717, 1.165) is 5.57 Å². The quantitative estimate of drug-likeness (QED) is 0.309. The molecule has 2 aromatic carbocycles. The van der Waals surface area contributed by atoms with Crippen molar-refractivity contribution in [1.82, 2.24) is 0 Å². The summed E-state index contributed by atoms with van der Waals surface area (Å²) in [6.45, 7) is 6.03. The molecule has 0 N–H and O–H groups in total. The average molecular weight is 458 g/mol. The minimum absolute atomic E-state index is 0. The summed E-state index contributed by atoms with van der Waals surface area (Å²) in [5, 5.41) is 3.16. The third kappa shape index (κ3) is 4.86.